The van der Waals surface area contributed by atoms with E-state index >= 15 is 0 Å². The van der Waals surface area contributed by atoms with Gasteiger partial charge >= 0.3 is 6.09 Å². The smallest absolute Gasteiger partial charge is 0.408 e. The van der Waals surface area contributed by atoms with Gasteiger partial charge in [0.05, 0.1) is 0 Å². The van der Waals surface area contributed by atoms with Crippen LogP contribution in [0.2, 0.25) is 0 Å². The standard InChI is InChI=1S/C27H43N3O4/c1-9-12-18(3)28-24(31)23(22-16-10-13-17(2)19(22)4)30(21-14-11-15-21)25(32)20(5)29-26(33)34-27(6,7)8/h10,13,16,18,20-21,23H,9,11-12,14-15H2,1-8H3,(H,28,31)(H,29,33). The Kier molecular flexibility index (Phi) is 9.54. The van der Waals surface area contributed by atoms with Crippen molar-refractivity contribution in [2.45, 2.75) is 117 Å². The zero-order chi connectivity index (χ0) is 25.6. The monoisotopic (exact) mass is 473 g/mol. The van der Waals surface area contributed by atoms with Crippen LogP contribution in [0.15, 0.2) is 18.2 Å². The molecule has 3 atom stereocenters. The van der Waals surface area contributed by atoms with E-state index in [9.17, 15) is 14.4 Å². The summed E-state index contributed by atoms with van der Waals surface area (Å²) in [7, 11) is 0. The van der Waals surface area contributed by atoms with E-state index in [-0.39, 0.29) is 23.9 Å². The average molecular weight is 474 g/mol. The third kappa shape index (κ3) is 7.21. The number of rotatable bonds is 9. The van der Waals surface area contributed by atoms with Crippen LogP contribution in [0.4, 0.5) is 4.79 Å². The Balaban J connectivity index is 2.43. The molecule has 0 bridgehead atoms. The summed E-state index contributed by atoms with van der Waals surface area (Å²) >= 11 is 0. The number of alkyl carbamates (subject to hydrolysis) is 1. The highest BCUT2D eigenvalue weighted by molar-refractivity contribution is 5.92. The maximum atomic E-state index is 13.8. The van der Waals surface area contributed by atoms with Gasteiger partial charge in [-0.25, -0.2) is 4.79 Å². The van der Waals surface area contributed by atoms with Crippen LogP contribution in [0.25, 0.3) is 0 Å². The summed E-state index contributed by atoms with van der Waals surface area (Å²) in [6.45, 7) is 15.1. The van der Waals surface area contributed by atoms with Gasteiger partial charge in [-0.2, -0.15) is 0 Å². The van der Waals surface area contributed by atoms with Crippen molar-refractivity contribution in [3.63, 3.8) is 0 Å². The Morgan fingerprint density at radius 2 is 1.76 bits per heavy atom. The lowest BCUT2D eigenvalue weighted by Crippen LogP contribution is -2.57. The van der Waals surface area contributed by atoms with Crippen molar-refractivity contribution in [3.05, 3.63) is 34.9 Å². The van der Waals surface area contributed by atoms with E-state index in [2.05, 4.69) is 17.6 Å². The summed E-state index contributed by atoms with van der Waals surface area (Å²) in [5.41, 5.74) is 2.22. The predicted molar refractivity (Wildman–Crippen MR) is 134 cm³/mol. The summed E-state index contributed by atoms with van der Waals surface area (Å²) in [5.74, 6) is -0.459. The van der Waals surface area contributed by atoms with Gasteiger partial charge in [0, 0.05) is 12.1 Å². The first-order chi connectivity index (χ1) is 15.9. The van der Waals surface area contributed by atoms with Gasteiger partial charge in [-0.05, 0) is 90.8 Å². The zero-order valence-corrected chi connectivity index (χ0v) is 22.2. The van der Waals surface area contributed by atoms with Crippen molar-refractivity contribution in [2.75, 3.05) is 0 Å². The minimum Gasteiger partial charge on any atom is -0.444 e. The number of hydrogen-bond donors (Lipinski definition) is 2. The highest BCUT2D eigenvalue weighted by Gasteiger charge is 2.41. The number of ether oxygens (including phenoxy) is 1. The van der Waals surface area contributed by atoms with Gasteiger partial charge in [0.1, 0.15) is 17.7 Å². The Labute approximate surface area is 205 Å². The van der Waals surface area contributed by atoms with Crippen LogP contribution in [0.5, 0.6) is 0 Å². The van der Waals surface area contributed by atoms with Crippen LogP contribution in [-0.4, -0.2) is 46.5 Å². The van der Waals surface area contributed by atoms with Crippen molar-refractivity contribution in [1.29, 1.82) is 0 Å². The number of amides is 3. The SMILES string of the molecule is CCCC(C)NC(=O)C(c1cccc(C)c1C)N(C(=O)C(C)NC(=O)OC(C)(C)C)C1CCC1. The summed E-state index contributed by atoms with van der Waals surface area (Å²) in [4.78, 5) is 41.5. The molecule has 0 radical (unpaired) electrons. The highest BCUT2D eigenvalue weighted by Crippen LogP contribution is 2.35. The fraction of sp³-hybridized carbons (Fsp3) is 0.667. The Morgan fingerprint density at radius 3 is 2.29 bits per heavy atom. The molecule has 7 nitrogen and oxygen atoms in total. The molecule has 2 rings (SSSR count). The number of hydrogen-bond acceptors (Lipinski definition) is 4. The second kappa shape index (κ2) is 11.7. The van der Waals surface area contributed by atoms with Gasteiger partial charge < -0.3 is 20.3 Å². The second-order valence-electron chi connectivity index (χ2n) is 10.6. The fourth-order valence-corrected chi connectivity index (χ4v) is 4.27. The molecule has 1 aliphatic carbocycles. The highest BCUT2D eigenvalue weighted by atomic mass is 16.6. The lowest BCUT2D eigenvalue weighted by Gasteiger charge is -2.44. The molecular weight excluding hydrogens is 430 g/mol. The van der Waals surface area contributed by atoms with Crippen molar-refractivity contribution < 1.29 is 19.1 Å². The molecule has 7 heteroatoms. The average Bonchev–Trinajstić information content (AvgIpc) is 2.67. The van der Waals surface area contributed by atoms with Gasteiger partial charge in [-0.15, -0.1) is 0 Å². The first-order valence-electron chi connectivity index (χ1n) is 12.5. The van der Waals surface area contributed by atoms with Crippen LogP contribution < -0.4 is 10.6 Å². The van der Waals surface area contributed by atoms with Crippen molar-refractivity contribution in [3.8, 4) is 0 Å². The first-order valence-corrected chi connectivity index (χ1v) is 12.5. The summed E-state index contributed by atoms with van der Waals surface area (Å²) in [6.07, 6.45) is 3.85. The van der Waals surface area contributed by atoms with Gasteiger partial charge in [0.2, 0.25) is 11.8 Å². The van der Waals surface area contributed by atoms with Crippen LogP contribution in [0.3, 0.4) is 0 Å². The quantitative estimate of drug-likeness (QED) is 0.532. The second-order valence-corrected chi connectivity index (χ2v) is 10.6. The molecule has 1 aromatic carbocycles. The van der Waals surface area contributed by atoms with Gasteiger partial charge in [-0.1, -0.05) is 31.5 Å². The molecule has 1 aromatic rings. The molecular formula is C27H43N3O4. The molecule has 0 aliphatic heterocycles. The lowest BCUT2D eigenvalue weighted by atomic mass is 9.86. The number of carbonyl (C=O) groups is 3. The predicted octanol–water partition coefficient (Wildman–Crippen LogP) is 4.94. The third-order valence-electron chi connectivity index (χ3n) is 6.40. The van der Waals surface area contributed by atoms with Crippen LogP contribution >= 0.6 is 0 Å². The van der Waals surface area contributed by atoms with Crippen molar-refractivity contribution in [1.82, 2.24) is 15.5 Å². The van der Waals surface area contributed by atoms with Gasteiger partial charge in [0.15, 0.2) is 0 Å². The minimum absolute atomic E-state index is 0.000713. The molecule has 190 valence electrons. The molecule has 1 fully saturated rings. The number of carbonyl (C=O) groups excluding carboxylic acids is 3. The van der Waals surface area contributed by atoms with E-state index in [1.165, 1.54) is 0 Å². The maximum Gasteiger partial charge on any atom is 0.408 e. The molecule has 3 amide bonds. The van der Waals surface area contributed by atoms with E-state index in [0.717, 1.165) is 48.8 Å². The molecule has 0 saturated heterocycles. The van der Waals surface area contributed by atoms with Crippen molar-refractivity contribution in [2.24, 2.45) is 0 Å². The Bertz CT molecular complexity index is 873. The number of nitrogens with one attached hydrogen (secondary N) is 2. The van der Waals surface area contributed by atoms with Gasteiger partial charge in [0.25, 0.3) is 0 Å². The van der Waals surface area contributed by atoms with E-state index < -0.39 is 23.8 Å². The lowest BCUT2D eigenvalue weighted by molar-refractivity contribution is -0.147. The third-order valence-corrected chi connectivity index (χ3v) is 6.40. The zero-order valence-electron chi connectivity index (χ0n) is 22.2. The molecule has 2 N–H and O–H groups in total. The topological polar surface area (TPSA) is 87.7 Å². The first kappa shape index (κ1) is 27.7. The summed E-state index contributed by atoms with van der Waals surface area (Å²) in [5, 5.41) is 5.80. The largest absolute Gasteiger partial charge is 0.444 e. The van der Waals surface area contributed by atoms with Crippen molar-refractivity contribution >= 4 is 17.9 Å². The van der Waals surface area contributed by atoms with Gasteiger partial charge in [-0.3, -0.25) is 9.59 Å². The molecule has 1 aliphatic rings. The maximum absolute atomic E-state index is 13.8. The summed E-state index contributed by atoms with van der Waals surface area (Å²) < 4.78 is 5.35. The normalized spacial score (nSPS) is 16.6. The van der Waals surface area contributed by atoms with E-state index in [4.69, 9.17) is 4.74 Å². The Hall–Kier alpha value is -2.57. The number of nitrogens with zero attached hydrogens (tertiary/aromatic N) is 1. The molecule has 0 heterocycles. The number of aryl methyl sites for hydroxylation is 1. The number of benzene rings is 1. The molecule has 0 spiro atoms. The Morgan fingerprint density at radius 1 is 1.12 bits per heavy atom. The van der Waals surface area contributed by atoms with E-state index in [1.54, 1.807) is 32.6 Å². The molecule has 34 heavy (non-hydrogen) atoms. The summed E-state index contributed by atoms with van der Waals surface area (Å²) in [6, 6.07) is 4.23. The molecule has 3 unspecified atom stereocenters. The van der Waals surface area contributed by atoms with E-state index in [0.29, 0.717) is 0 Å². The van der Waals surface area contributed by atoms with Crippen LogP contribution in [-0.2, 0) is 14.3 Å². The fourth-order valence-electron chi connectivity index (χ4n) is 4.27. The molecule has 1 saturated carbocycles. The van der Waals surface area contributed by atoms with E-state index in [1.807, 2.05) is 39.0 Å². The van der Waals surface area contributed by atoms with Crippen LogP contribution in [0.1, 0.15) is 96.4 Å². The minimum atomic E-state index is -0.830. The van der Waals surface area contributed by atoms with Crippen LogP contribution in [0, 0.1) is 13.8 Å². The molecule has 0 aromatic heterocycles.